The number of methoxy groups -OCH3 is 1. The molecule has 0 unspecified atom stereocenters. The fourth-order valence-corrected chi connectivity index (χ4v) is 5.34. The Kier molecular flexibility index (Phi) is 6.72. The zero-order valence-electron chi connectivity index (χ0n) is 22.5. The maximum Gasteiger partial charge on any atom is 0.328 e. The van der Waals surface area contributed by atoms with Gasteiger partial charge >= 0.3 is 5.97 Å². The second kappa shape index (κ2) is 10.0. The molecule has 2 aromatic carbocycles. The van der Waals surface area contributed by atoms with Crippen molar-refractivity contribution in [3.63, 3.8) is 0 Å². The molecular formula is C31H31N3O5. The molecule has 0 bridgehead atoms. The second-order valence-electron chi connectivity index (χ2n) is 10.9. The number of amides is 1. The lowest BCUT2D eigenvalue weighted by Crippen LogP contribution is -2.46. The molecule has 0 aliphatic heterocycles. The van der Waals surface area contributed by atoms with E-state index >= 15 is 0 Å². The number of aromatic nitrogens is 2. The zero-order valence-corrected chi connectivity index (χ0v) is 22.5. The maximum atomic E-state index is 13.9. The fraction of sp³-hybridized carbons (Fsp3) is 0.290. The summed E-state index contributed by atoms with van der Waals surface area (Å²) in [4.78, 5) is 56.6. The molecule has 2 N–H and O–H groups in total. The quantitative estimate of drug-likeness (QED) is 0.365. The van der Waals surface area contributed by atoms with Crippen molar-refractivity contribution in [3.05, 3.63) is 99.1 Å². The number of carbonyl (C=O) groups is 3. The summed E-state index contributed by atoms with van der Waals surface area (Å²) in [6, 6.07) is 15.4. The molecule has 1 aliphatic rings. The van der Waals surface area contributed by atoms with Gasteiger partial charge in [0.1, 0.15) is 11.6 Å². The Morgan fingerprint density at radius 1 is 1.08 bits per heavy atom. The van der Waals surface area contributed by atoms with Crippen molar-refractivity contribution in [1.29, 1.82) is 0 Å². The Morgan fingerprint density at radius 3 is 2.51 bits per heavy atom. The van der Waals surface area contributed by atoms with Gasteiger partial charge < -0.3 is 15.0 Å². The van der Waals surface area contributed by atoms with E-state index in [0.29, 0.717) is 29.8 Å². The van der Waals surface area contributed by atoms with Crippen LogP contribution in [0.15, 0.2) is 65.6 Å². The summed E-state index contributed by atoms with van der Waals surface area (Å²) in [6.45, 7) is 5.92. The van der Waals surface area contributed by atoms with Gasteiger partial charge in [-0.2, -0.15) is 0 Å². The molecule has 1 atom stereocenters. The van der Waals surface area contributed by atoms with Crippen molar-refractivity contribution in [2.24, 2.45) is 5.41 Å². The molecule has 2 heterocycles. The third kappa shape index (κ3) is 5.02. The molecule has 200 valence electrons. The van der Waals surface area contributed by atoms with Gasteiger partial charge in [0.25, 0.3) is 11.5 Å². The van der Waals surface area contributed by atoms with Crippen molar-refractivity contribution in [1.82, 2.24) is 14.9 Å². The van der Waals surface area contributed by atoms with Gasteiger partial charge in [-0.25, -0.2) is 4.79 Å². The Morgan fingerprint density at radius 2 is 1.79 bits per heavy atom. The van der Waals surface area contributed by atoms with Crippen molar-refractivity contribution >= 4 is 28.6 Å². The van der Waals surface area contributed by atoms with Crippen LogP contribution in [0.2, 0.25) is 0 Å². The van der Waals surface area contributed by atoms with E-state index in [-0.39, 0.29) is 23.2 Å². The van der Waals surface area contributed by atoms with Crippen LogP contribution in [-0.2, 0) is 22.4 Å². The molecule has 1 amide bonds. The van der Waals surface area contributed by atoms with Crippen LogP contribution in [0.3, 0.4) is 0 Å². The molecule has 0 saturated carbocycles. The Balaban J connectivity index is 1.57. The van der Waals surface area contributed by atoms with Crippen LogP contribution in [0.1, 0.15) is 57.8 Å². The van der Waals surface area contributed by atoms with Crippen molar-refractivity contribution < 1.29 is 19.1 Å². The first-order valence-corrected chi connectivity index (χ1v) is 12.9. The highest BCUT2D eigenvalue weighted by Gasteiger charge is 2.35. The van der Waals surface area contributed by atoms with E-state index in [2.05, 4.69) is 10.3 Å². The van der Waals surface area contributed by atoms with Crippen LogP contribution >= 0.6 is 0 Å². The highest BCUT2D eigenvalue weighted by molar-refractivity contribution is 6.03. The number of hydrogen-bond acceptors (Lipinski definition) is 5. The SMILES string of the molecule is COC(=O)[C@@H](Cc1c[nH]c2ccccc12)NC(=O)c1cc2c(n(-c3ccc(C)cc3)c1=O)CC(C)(C)CC2=O. The highest BCUT2D eigenvalue weighted by Crippen LogP contribution is 2.35. The Bertz CT molecular complexity index is 1660. The largest absolute Gasteiger partial charge is 0.467 e. The molecule has 0 radical (unpaired) electrons. The number of benzene rings is 2. The summed E-state index contributed by atoms with van der Waals surface area (Å²) < 4.78 is 6.44. The number of ether oxygens (including phenoxy) is 1. The van der Waals surface area contributed by atoms with E-state index in [1.165, 1.54) is 17.7 Å². The van der Waals surface area contributed by atoms with Gasteiger partial charge in [-0.3, -0.25) is 19.0 Å². The molecule has 39 heavy (non-hydrogen) atoms. The van der Waals surface area contributed by atoms with E-state index in [1.54, 1.807) is 18.3 Å². The summed E-state index contributed by atoms with van der Waals surface area (Å²) in [6.07, 6.45) is 2.76. The number of nitrogens with zero attached hydrogens (tertiary/aromatic N) is 1. The normalized spacial score (nSPS) is 15.0. The monoisotopic (exact) mass is 525 g/mol. The average Bonchev–Trinajstić information content (AvgIpc) is 3.30. The number of H-pyrrole nitrogens is 1. The maximum absolute atomic E-state index is 13.9. The lowest BCUT2D eigenvalue weighted by molar-refractivity contribution is -0.142. The second-order valence-corrected chi connectivity index (χ2v) is 10.9. The number of esters is 1. The number of pyridine rings is 1. The minimum atomic E-state index is -1.04. The van der Waals surface area contributed by atoms with Crippen molar-refractivity contribution in [2.45, 2.75) is 46.1 Å². The first kappa shape index (κ1) is 26.2. The number of ketones is 1. The molecule has 4 aromatic rings. The van der Waals surface area contributed by atoms with Crippen LogP contribution in [0.4, 0.5) is 0 Å². The number of nitrogens with one attached hydrogen (secondary N) is 2. The zero-order chi connectivity index (χ0) is 27.9. The van der Waals surface area contributed by atoms with Gasteiger partial charge in [0.15, 0.2) is 5.78 Å². The van der Waals surface area contributed by atoms with Gasteiger partial charge in [-0.1, -0.05) is 49.7 Å². The Hall–Kier alpha value is -4.46. The summed E-state index contributed by atoms with van der Waals surface area (Å²) in [5, 5.41) is 3.62. The van der Waals surface area contributed by atoms with Crippen LogP contribution in [-0.4, -0.2) is 40.4 Å². The van der Waals surface area contributed by atoms with Crippen LogP contribution < -0.4 is 10.9 Å². The molecular weight excluding hydrogens is 494 g/mol. The van der Waals surface area contributed by atoms with Crippen LogP contribution in [0.25, 0.3) is 16.6 Å². The summed E-state index contributed by atoms with van der Waals surface area (Å²) in [7, 11) is 1.25. The minimum absolute atomic E-state index is 0.125. The first-order valence-electron chi connectivity index (χ1n) is 12.9. The predicted octanol–water partition coefficient (Wildman–Crippen LogP) is 4.30. The third-order valence-electron chi connectivity index (χ3n) is 7.32. The number of rotatable bonds is 6. The molecule has 0 spiro atoms. The van der Waals surface area contributed by atoms with Crippen LogP contribution in [0, 0.1) is 12.3 Å². The summed E-state index contributed by atoms with van der Waals surface area (Å²) in [5.41, 5.74) is 3.18. The minimum Gasteiger partial charge on any atom is -0.467 e. The number of aryl methyl sites for hydroxylation is 1. The van der Waals surface area contributed by atoms with Crippen molar-refractivity contribution in [2.75, 3.05) is 7.11 Å². The molecule has 8 nitrogen and oxygen atoms in total. The first-order chi connectivity index (χ1) is 18.6. The standard InChI is InChI=1S/C31H31N3O5/c1-18-9-11-20(12-10-18)34-26-15-31(2,3)16-27(35)22(26)14-23(29(34)37)28(36)33-25(30(38)39-4)13-19-17-32-24-8-6-5-7-21(19)24/h5-12,14,17,25,32H,13,15-16H2,1-4H3,(H,33,36)/t25-/m1/s1. The third-order valence-corrected chi connectivity index (χ3v) is 7.32. The van der Waals surface area contributed by atoms with E-state index in [4.69, 9.17) is 4.74 Å². The van der Waals surface area contributed by atoms with E-state index in [0.717, 1.165) is 22.0 Å². The number of Topliss-reactive ketones (excluding diaryl/α,β-unsaturated/α-hetero) is 1. The fourth-order valence-electron chi connectivity index (χ4n) is 5.34. The van der Waals surface area contributed by atoms with E-state index in [1.807, 2.05) is 57.2 Å². The highest BCUT2D eigenvalue weighted by atomic mass is 16.5. The average molecular weight is 526 g/mol. The molecule has 0 saturated heterocycles. The van der Waals surface area contributed by atoms with E-state index < -0.39 is 23.5 Å². The summed E-state index contributed by atoms with van der Waals surface area (Å²) >= 11 is 0. The molecule has 0 fully saturated rings. The van der Waals surface area contributed by atoms with Crippen LogP contribution in [0.5, 0.6) is 0 Å². The number of carbonyl (C=O) groups excluding carboxylic acids is 3. The van der Waals surface area contributed by atoms with E-state index in [9.17, 15) is 19.2 Å². The molecule has 8 heteroatoms. The molecule has 1 aliphatic carbocycles. The number of aromatic amines is 1. The van der Waals surface area contributed by atoms with Gasteiger partial charge in [-0.15, -0.1) is 0 Å². The number of para-hydroxylation sites is 1. The predicted molar refractivity (Wildman–Crippen MR) is 148 cm³/mol. The van der Waals surface area contributed by atoms with Gasteiger partial charge in [0.05, 0.1) is 7.11 Å². The van der Waals surface area contributed by atoms with Gasteiger partial charge in [0.2, 0.25) is 0 Å². The molecule has 5 rings (SSSR count). The Labute approximate surface area is 226 Å². The number of hydrogen-bond donors (Lipinski definition) is 2. The number of fused-ring (bicyclic) bond motifs is 2. The van der Waals surface area contributed by atoms with Crippen molar-refractivity contribution in [3.8, 4) is 5.69 Å². The summed E-state index contributed by atoms with van der Waals surface area (Å²) in [5.74, 6) is -1.50. The molecule has 2 aromatic heterocycles. The lowest BCUT2D eigenvalue weighted by atomic mass is 9.75. The van der Waals surface area contributed by atoms with Gasteiger partial charge in [0, 0.05) is 46.9 Å². The topological polar surface area (TPSA) is 110 Å². The smallest absolute Gasteiger partial charge is 0.328 e. The van der Waals surface area contributed by atoms with Gasteiger partial charge in [-0.05, 0) is 48.6 Å². The lowest BCUT2D eigenvalue weighted by Gasteiger charge is -2.32.